The zero-order chi connectivity index (χ0) is 12.2. The summed E-state index contributed by atoms with van der Waals surface area (Å²) in [5.74, 6) is 0.133. The Hall–Kier alpha value is -0.570. The maximum atomic E-state index is 11.7. The summed E-state index contributed by atoms with van der Waals surface area (Å²) < 4.78 is 0. The maximum Gasteiger partial charge on any atom is 0.234 e. The number of rotatable bonds is 4. The molecule has 3 nitrogen and oxygen atoms in total. The molecule has 1 unspecified atom stereocenters. The zero-order valence-corrected chi connectivity index (χ0v) is 11.1. The molecule has 0 radical (unpaired) electrons. The minimum atomic E-state index is 0.133. The first-order valence-corrected chi connectivity index (χ1v) is 6.44. The third-order valence-corrected chi connectivity index (χ3v) is 3.51. The van der Waals surface area contributed by atoms with Crippen LogP contribution >= 0.6 is 0 Å². The first kappa shape index (κ1) is 13.5. The first-order chi connectivity index (χ1) is 7.42. The van der Waals surface area contributed by atoms with Gasteiger partial charge in [0.25, 0.3) is 0 Å². The molecular formula is C13H26N2O. The zero-order valence-electron chi connectivity index (χ0n) is 11.1. The normalized spacial score (nSPS) is 24.4. The highest BCUT2D eigenvalue weighted by Crippen LogP contribution is 2.35. The summed E-state index contributed by atoms with van der Waals surface area (Å²) in [6.07, 6.45) is 4.88. The van der Waals surface area contributed by atoms with Crippen molar-refractivity contribution in [1.82, 2.24) is 10.6 Å². The van der Waals surface area contributed by atoms with Crippen LogP contribution < -0.4 is 10.6 Å². The van der Waals surface area contributed by atoms with Gasteiger partial charge in [0.1, 0.15) is 0 Å². The summed E-state index contributed by atoms with van der Waals surface area (Å²) >= 11 is 0. The minimum Gasteiger partial charge on any atom is -0.352 e. The van der Waals surface area contributed by atoms with Gasteiger partial charge in [0.2, 0.25) is 5.91 Å². The lowest BCUT2D eigenvalue weighted by Gasteiger charge is -2.39. The van der Waals surface area contributed by atoms with Crippen molar-refractivity contribution in [1.29, 1.82) is 0 Å². The Bertz CT molecular complexity index is 236. The quantitative estimate of drug-likeness (QED) is 0.770. The van der Waals surface area contributed by atoms with E-state index in [0.717, 1.165) is 6.42 Å². The van der Waals surface area contributed by atoms with E-state index in [1.54, 1.807) is 0 Å². The van der Waals surface area contributed by atoms with Crippen molar-refractivity contribution in [2.75, 3.05) is 6.54 Å². The van der Waals surface area contributed by atoms with E-state index in [1.807, 2.05) is 0 Å². The van der Waals surface area contributed by atoms with E-state index >= 15 is 0 Å². The molecule has 0 bridgehead atoms. The van der Waals surface area contributed by atoms with Gasteiger partial charge in [0, 0.05) is 12.1 Å². The molecule has 0 aromatic carbocycles. The van der Waals surface area contributed by atoms with Crippen molar-refractivity contribution < 1.29 is 4.79 Å². The predicted octanol–water partition coefficient (Wildman–Crippen LogP) is 2.07. The summed E-state index contributed by atoms with van der Waals surface area (Å²) in [5, 5.41) is 6.31. The molecule has 1 aliphatic rings. The fraction of sp³-hybridized carbons (Fsp3) is 0.923. The molecule has 0 heterocycles. The average Bonchev–Trinajstić information content (AvgIpc) is 2.18. The number of hydrogen-bond acceptors (Lipinski definition) is 2. The largest absolute Gasteiger partial charge is 0.352 e. The Morgan fingerprint density at radius 2 is 2.06 bits per heavy atom. The lowest BCUT2D eigenvalue weighted by molar-refractivity contribution is -0.122. The van der Waals surface area contributed by atoms with E-state index in [0.29, 0.717) is 18.6 Å². The van der Waals surface area contributed by atoms with Crippen LogP contribution in [0.15, 0.2) is 0 Å². The molecule has 0 aromatic heterocycles. The van der Waals surface area contributed by atoms with E-state index in [1.165, 1.54) is 19.3 Å². The van der Waals surface area contributed by atoms with Crippen molar-refractivity contribution in [2.24, 2.45) is 5.41 Å². The van der Waals surface area contributed by atoms with Crippen LogP contribution in [0.4, 0.5) is 0 Å². The third kappa shape index (κ3) is 4.12. The van der Waals surface area contributed by atoms with Gasteiger partial charge in [0.15, 0.2) is 0 Å². The molecule has 1 amide bonds. The number of carbonyl (C=O) groups is 1. The minimum absolute atomic E-state index is 0.133. The Morgan fingerprint density at radius 3 is 2.62 bits per heavy atom. The van der Waals surface area contributed by atoms with E-state index in [-0.39, 0.29) is 11.3 Å². The molecule has 94 valence electrons. The van der Waals surface area contributed by atoms with Gasteiger partial charge in [-0.25, -0.2) is 0 Å². The van der Waals surface area contributed by atoms with Crippen LogP contribution in [-0.4, -0.2) is 24.5 Å². The van der Waals surface area contributed by atoms with E-state index in [9.17, 15) is 4.79 Å². The van der Waals surface area contributed by atoms with Gasteiger partial charge in [-0.2, -0.15) is 0 Å². The van der Waals surface area contributed by atoms with Gasteiger partial charge in [-0.05, 0) is 18.3 Å². The Balaban J connectivity index is 2.37. The molecular weight excluding hydrogens is 200 g/mol. The molecule has 1 aliphatic carbocycles. The van der Waals surface area contributed by atoms with Gasteiger partial charge in [0.05, 0.1) is 6.54 Å². The smallest absolute Gasteiger partial charge is 0.234 e. The highest BCUT2D eigenvalue weighted by Gasteiger charge is 2.32. The van der Waals surface area contributed by atoms with Crippen molar-refractivity contribution in [3.05, 3.63) is 0 Å². The maximum absolute atomic E-state index is 11.7. The highest BCUT2D eigenvalue weighted by atomic mass is 16.2. The van der Waals surface area contributed by atoms with Crippen LogP contribution in [-0.2, 0) is 4.79 Å². The van der Waals surface area contributed by atoms with Gasteiger partial charge in [-0.15, -0.1) is 0 Å². The summed E-state index contributed by atoms with van der Waals surface area (Å²) in [4.78, 5) is 11.7. The van der Waals surface area contributed by atoms with Gasteiger partial charge in [-0.1, -0.05) is 40.5 Å². The van der Waals surface area contributed by atoms with Crippen LogP contribution in [0.25, 0.3) is 0 Å². The second-order valence-electron chi connectivity index (χ2n) is 5.89. The topological polar surface area (TPSA) is 41.1 Å². The van der Waals surface area contributed by atoms with Crippen molar-refractivity contribution in [3.8, 4) is 0 Å². The molecule has 1 fully saturated rings. The Kier molecular flexibility index (Phi) is 4.78. The molecule has 1 saturated carbocycles. The van der Waals surface area contributed by atoms with Crippen molar-refractivity contribution in [2.45, 2.75) is 65.5 Å². The van der Waals surface area contributed by atoms with E-state index < -0.39 is 0 Å². The molecule has 0 aromatic rings. The van der Waals surface area contributed by atoms with Crippen molar-refractivity contribution in [3.63, 3.8) is 0 Å². The number of amides is 1. The lowest BCUT2D eigenvalue weighted by Crippen LogP contribution is -2.49. The van der Waals surface area contributed by atoms with E-state index in [2.05, 4.69) is 38.3 Å². The standard InChI is InChI=1S/C13H26N2O/c1-10(2)14-9-12(16)15-11-7-5-6-8-13(11,3)4/h10-11,14H,5-9H2,1-4H3,(H,15,16). The fourth-order valence-corrected chi connectivity index (χ4v) is 2.30. The van der Waals surface area contributed by atoms with Crippen LogP contribution in [0.3, 0.4) is 0 Å². The van der Waals surface area contributed by atoms with Crippen LogP contribution in [0.5, 0.6) is 0 Å². The van der Waals surface area contributed by atoms with Gasteiger partial charge in [-0.3, -0.25) is 4.79 Å². The molecule has 1 rings (SSSR count). The fourth-order valence-electron chi connectivity index (χ4n) is 2.30. The van der Waals surface area contributed by atoms with Crippen molar-refractivity contribution >= 4 is 5.91 Å². The number of nitrogens with one attached hydrogen (secondary N) is 2. The van der Waals surface area contributed by atoms with Crippen LogP contribution in [0.1, 0.15) is 53.4 Å². The second-order valence-corrected chi connectivity index (χ2v) is 5.89. The summed E-state index contributed by atoms with van der Waals surface area (Å²) in [5.41, 5.74) is 0.256. The third-order valence-electron chi connectivity index (χ3n) is 3.51. The SMILES string of the molecule is CC(C)NCC(=O)NC1CCCCC1(C)C. The van der Waals surface area contributed by atoms with Gasteiger partial charge < -0.3 is 10.6 Å². The Morgan fingerprint density at radius 1 is 1.38 bits per heavy atom. The lowest BCUT2D eigenvalue weighted by atomic mass is 9.73. The summed E-state index contributed by atoms with van der Waals surface area (Å²) in [6.45, 7) is 9.06. The molecule has 0 aliphatic heterocycles. The molecule has 0 spiro atoms. The summed E-state index contributed by atoms with van der Waals surface area (Å²) in [7, 11) is 0. The van der Waals surface area contributed by atoms with Crippen LogP contribution in [0.2, 0.25) is 0 Å². The molecule has 16 heavy (non-hydrogen) atoms. The first-order valence-electron chi connectivity index (χ1n) is 6.44. The van der Waals surface area contributed by atoms with E-state index in [4.69, 9.17) is 0 Å². The highest BCUT2D eigenvalue weighted by molar-refractivity contribution is 5.78. The molecule has 2 N–H and O–H groups in total. The number of carbonyl (C=O) groups excluding carboxylic acids is 1. The molecule has 0 saturated heterocycles. The average molecular weight is 226 g/mol. The summed E-state index contributed by atoms with van der Waals surface area (Å²) in [6, 6.07) is 0.716. The monoisotopic (exact) mass is 226 g/mol. The van der Waals surface area contributed by atoms with Crippen LogP contribution in [0, 0.1) is 5.41 Å². The van der Waals surface area contributed by atoms with Gasteiger partial charge >= 0.3 is 0 Å². The second kappa shape index (κ2) is 5.67. The Labute approximate surface area is 99.4 Å². The molecule has 1 atom stereocenters. The molecule has 3 heteroatoms. The number of hydrogen-bond donors (Lipinski definition) is 2. The predicted molar refractivity (Wildman–Crippen MR) is 67.3 cm³/mol.